The molecular weight excluding hydrogens is 344 g/mol. The fourth-order valence-electron chi connectivity index (χ4n) is 2.29. The Hall–Kier alpha value is -1.05. The van der Waals surface area contributed by atoms with Crippen LogP contribution in [-0.2, 0) is 15.0 Å². The number of rotatable bonds is 4. The smallest absolute Gasteiger partial charge is 0.302 e. The van der Waals surface area contributed by atoms with Gasteiger partial charge in [-0.25, -0.2) is 0 Å². The van der Waals surface area contributed by atoms with Crippen LogP contribution in [0.2, 0.25) is 10.0 Å². The topological polar surface area (TPSA) is 63.7 Å². The number of methoxy groups -OCH3 is 1. The maximum atomic E-state index is 12.7. The highest BCUT2D eigenvalue weighted by Gasteiger charge is 2.34. The van der Waals surface area contributed by atoms with Crippen LogP contribution >= 0.6 is 23.2 Å². The van der Waals surface area contributed by atoms with Crippen LogP contribution < -0.4 is 9.64 Å². The van der Waals surface area contributed by atoms with Gasteiger partial charge in [0.15, 0.2) is 0 Å². The van der Waals surface area contributed by atoms with Crippen molar-refractivity contribution in [3.05, 3.63) is 22.2 Å². The molecule has 0 spiro atoms. The predicted octanol–water partition coefficient (Wildman–Crippen LogP) is 2.65. The third kappa shape index (κ3) is 3.78. The van der Waals surface area contributed by atoms with Crippen molar-refractivity contribution in [2.24, 2.45) is 5.92 Å². The molecule has 1 atom stereocenters. The normalized spacial score (nSPS) is 19.1. The standard InChI is InChI=1S/C12H12Cl2FNO4S/c1-20-11-4-10(8(13)3-9(11)14)16-5-7(2-12(16)17)6-21(15,18)19/h3-4,7H,2,5-6H2,1H3. The molecule has 0 radical (unpaired) electrons. The van der Waals surface area contributed by atoms with Gasteiger partial charge in [-0.05, 0) is 6.07 Å². The van der Waals surface area contributed by atoms with Crippen molar-refractivity contribution in [2.45, 2.75) is 6.42 Å². The van der Waals surface area contributed by atoms with Crippen LogP contribution in [0.4, 0.5) is 9.57 Å². The molecule has 0 bridgehead atoms. The molecule has 2 rings (SSSR count). The molecule has 21 heavy (non-hydrogen) atoms. The summed E-state index contributed by atoms with van der Waals surface area (Å²) in [6.45, 7) is 0.0759. The van der Waals surface area contributed by atoms with E-state index in [2.05, 4.69) is 0 Å². The number of anilines is 1. The van der Waals surface area contributed by atoms with E-state index in [4.69, 9.17) is 27.9 Å². The molecule has 1 aliphatic rings. The molecule has 0 saturated carbocycles. The van der Waals surface area contributed by atoms with E-state index in [1.807, 2.05) is 0 Å². The number of hydrogen-bond donors (Lipinski definition) is 0. The Morgan fingerprint density at radius 2 is 2.05 bits per heavy atom. The van der Waals surface area contributed by atoms with Crippen LogP contribution in [-0.4, -0.2) is 33.7 Å². The summed E-state index contributed by atoms with van der Waals surface area (Å²) < 4.78 is 39.2. The minimum absolute atomic E-state index is 0.0512. The minimum atomic E-state index is -4.62. The van der Waals surface area contributed by atoms with Crippen molar-refractivity contribution in [3.8, 4) is 5.75 Å². The van der Waals surface area contributed by atoms with E-state index in [-0.39, 0.29) is 23.9 Å². The first-order valence-corrected chi connectivity index (χ1v) is 8.28. The van der Waals surface area contributed by atoms with Gasteiger partial charge in [0, 0.05) is 24.9 Å². The Morgan fingerprint density at radius 3 is 2.62 bits per heavy atom. The lowest BCUT2D eigenvalue weighted by Gasteiger charge is -2.19. The lowest BCUT2D eigenvalue weighted by molar-refractivity contribution is -0.117. The number of carbonyl (C=O) groups excluding carboxylic acids is 1. The van der Waals surface area contributed by atoms with Crippen molar-refractivity contribution >= 4 is 45.0 Å². The quantitative estimate of drug-likeness (QED) is 0.778. The Balaban J connectivity index is 2.29. The molecule has 1 saturated heterocycles. The molecule has 116 valence electrons. The van der Waals surface area contributed by atoms with E-state index in [0.29, 0.717) is 16.5 Å². The van der Waals surface area contributed by atoms with Crippen LogP contribution in [0.15, 0.2) is 12.1 Å². The average Bonchev–Trinajstić information content (AvgIpc) is 2.68. The maximum Gasteiger partial charge on any atom is 0.302 e. The van der Waals surface area contributed by atoms with Crippen molar-refractivity contribution in [3.63, 3.8) is 0 Å². The van der Waals surface area contributed by atoms with Gasteiger partial charge in [-0.15, -0.1) is 3.89 Å². The van der Waals surface area contributed by atoms with Crippen LogP contribution in [0.5, 0.6) is 5.75 Å². The maximum absolute atomic E-state index is 12.7. The molecule has 1 aromatic rings. The first-order valence-electron chi connectivity index (χ1n) is 5.97. The molecule has 0 aliphatic carbocycles. The zero-order chi connectivity index (χ0) is 15.8. The summed E-state index contributed by atoms with van der Waals surface area (Å²) in [6.07, 6.45) is -0.0512. The van der Waals surface area contributed by atoms with Gasteiger partial charge in [-0.3, -0.25) is 4.79 Å². The average molecular weight is 356 g/mol. The SMILES string of the molecule is COc1cc(N2CC(CS(=O)(=O)F)CC2=O)c(Cl)cc1Cl. The van der Waals surface area contributed by atoms with Crippen LogP contribution in [0, 0.1) is 5.92 Å². The Bertz CT molecular complexity index is 680. The second-order valence-corrected chi connectivity index (χ2v) is 6.94. The van der Waals surface area contributed by atoms with E-state index in [0.717, 1.165) is 0 Å². The molecule has 1 heterocycles. The van der Waals surface area contributed by atoms with Gasteiger partial charge < -0.3 is 9.64 Å². The molecule has 1 amide bonds. The lowest BCUT2D eigenvalue weighted by Crippen LogP contribution is -2.25. The molecule has 1 aromatic carbocycles. The van der Waals surface area contributed by atoms with Crippen LogP contribution in [0.1, 0.15) is 6.42 Å². The van der Waals surface area contributed by atoms with E-state index < -0.39 is 21.9 Å². The number of ether oxygens (including phenoxy) is 1. The third-order valence-electron chi connectivity index (χ3n) is 3.15. The molecule has 1 unspecified atom stereocenters. The van der Waals surface area contributed by atoms with Crippen LogP contribution in [0.25, 0.3) is 0 Å². The minimum Gasteiger partial charge on any atom is -0.495 e. The van der Waals surface area contributed by atoms with Crippen LogP contribution in [0.3, 0.4) is 0 Å². The lowest BCUT2D eigenvalue weighted by atomic mass is 10.1. The molecule has 0 N–H and O–H groups in total. The zero-order valence-corrected chi connectivity index (χ0v) is 13.3. The number of amides is 1. The monoisotopic (exact) mass is 355 g/mol. The second-order valence-electron chi connectivity index (χ2n) is 4.72. The van der Waals surface area contributed by atoms with Crippen molar-refractivity contribution in [2.75, 3.05) is 24.3 Å². The highest BCUT2D eigenvalue weighted by molar-refractivity contribution is 7.86. The van der Waals surface area contributed by atoms with Crippen molar-refractivity contribution in [1.29, 1.82) is 0 Å². The largest absolute Gasteiger partial charge is 0.495 e. The predicted molar refractivity (Wildman–Crippen MR) is 78.4 cm³/mol. The summed E-state index contributed by atoms with van der Waals surface area (Å²) in [5.41, 5.74) is 0.363. The summed E-state index contributed by atoms with van der Waals surface area (Å²) in [6, 6.07) is 2.93. The summed E-state index contributed by atoms with van der Waals surface area (Å²) >= 11 is 12.0. The van der Waals surface area contributed by atoms with E-state index in [1.54, 1.807) is 0 Å². The molecule has 5 nitrogen and oxygen atoms in total. The third-order valence-corrected chi connectivity index (χ3v) is 4.62. The van der Waals surface area contributed by atoms with Gasteiger partial charge in [-0.1, -0.05) is 23.2 Å². The molecule has 1 aliphatic heterocycles. The fourth-order valence-corrected chi connectivity index (χ4v) is 3.64. The highest BCUT2D eigenvalue weighted by atomic mass is 35.5. The first-order chi connectivity index (χ1) is 9.71. The Kier molecular flexibility index (Phi) is 4.65. The Labute approximate surface area is 131 Å². The molecule has 1 fully saturated rings. The molecule has 0 aromatic heterocycles. The number of nitrogens with zero attached hydrogens (tertiary/aromatic N) is 1. The van der Waals surface area contributed by atoms with Gasteiger partial charge in [0.1, 0.15) is 5.75 Å². The van der Waals surface area contributed by atoms with Crippen molar-refractivity contribution < 1.29 is 21.8 Å². The Morgan fingerprint density at radius 1 is 1.38 bits per heavy atom. The van der Waals surface area contributed by atoms with Gasteiger partial charge in [-0.2, -0.15) is 8.42 Å². The van der Waals surface area contributed by atoms with E-state index in [1.165, 1.54) is 24.1 Å². The van der Waals surface area contributed by atoms with Gasteiger partial charge in [0.25, 0.3) is 0 Å². The second kappa shape index (κ2) is 5.98. The fraction of sp³-hybridized carbons (Fsp3) is 0.417. The van der Waals surface area contributed by atoms with E-state index in [9.17, 15) is 17.1 Å². The number of benzene rings is 1. The number of hydrogen-bond acceptors (Lipinski definition) is 4. The molecule has 9 heteroatoms. The molecular formula is C12H12Cl2FNO4S. The summed E-state index contributed by atoms with van der Waals surface area (Å²) in [7, 11) is -3.20. The van der Waals surface area contributed by atoms with Gasteiger partial charge >= 0.3 is 10.2 Å². The van der Waals surface area contributed by atoms with Gasteiger partial charge in [0.05, 0.1) is 28.6 Å². The zero-order valence-electron chi connectivity index (χ0n) is 11.0. The summed E-state index contributed by atoms with van der Waals surface area (Å²) in [5, 5.41) is 0.527. The first kappa shape index (κ1) is 16.3. The van der Waals surface area contributed by atoms with Crippen molar-refractivity contribution in [1.82, 2.24) is 0 Å². The highest BCUT2D eigenvalue weighted by Crippen LogP contribution is 2.38. The van der Waals surface area contributed by atoms with Gasteiger partial charge in [0.2, 0.25) is 5.91 Å². The summed E-state index contributed by atoms with van der Waals surface area (Å²) in [4.78, 5) is 13.3. The number of carbonyl (C=O) groups is 1. The van der Waals surface area contributed by atoms with E-state index >= 15 is 0 Å². The number of halogens is 3. The summed E-state index contributed by atoms with van der Waals surface area (Å²) in [5.74, 6) is -1.27.